The van der Waals surface area contributed by atoms with Crippen molar-refractivity contribution in [2.45, 2.75) is 13.8 Å². The second kappa shape index (κ2) is 3.47. The molecular weight excluding hydrogens is 166 g/mol. The van der Waals surface area contributed by atoms with E-state index in [2.05, 4.69) is 0 Å². The second-order valence-corrected chi connectivity index (χ2v) is 3.19. The van der Waals surface area contributed by atoms with Crippen molar-refractivity contribution >= 4 is 11.8 Å². The zero-order valence-electron chi connectivity index (χ0n) is 8.03. The first-order valence-electron chi connectivity index (χ1n) is 4.05. The van der Waals surface area contributed by atoms with Crippen molar-refractivity contribution in [1.82, 2.24) is 0 Å². The SMILES string of the molecule is Cc1cc(C)cc(N(C)C(=O)O)c1. The lowest BCUT2D eigenvalue weighted by Crippen LogP contribution is -2.23. The summed E-state index contributed by atoms with van der Waals surface area (Å²) in [7, 11) is 1.54. The van der Waals surface area contributed by atoms with E-state index in [0.717, 1.165) is 11.1 Å². The molecule has 13 heavy (non-hydrogen) atoms. The third kappa shape index (κ3) is 2.21. The van der Waals surface area contributed by atoms with Crippen molar-refractivity contribution in [3.8, 4) is 0 Å². The topological polar surface area (TPSA) is 40.5 Å². The lowest BCUT2D eigenvalue weighted by molar-refractivity contribution is 0.203. The molecule has 0 radical (unpaired) electrons. The number of rotatable bonds is 1. The summed E-state index contributed by atoms with van der Waals surface area (Å²) in [5, 5.41) is 8.74. The Morgan fingerprint density at radius 2 is 1.69 bits per heavy atom. The van der Waals surface area contributed by atoms with Crippen molar-refractivity contribution < 1.29 is 9.90 Å². The van der Waals surface area contributed by atoms with Crippen LogP contribution in [0.2, 0.25) is 0 Å². The molecule has 1 aromatic carbocycles. The van der Waals surface area contributed by atoms with Crippen LogP contribution in [-0.2, 0) is 0 Å². The number of amides is 1. The second-order valence-electron chi connectivity index (χ2n) is 3.19. The largest absolute Gasteiger partial charge is 0.465 e. The van der Waals surface area contributed by atoms with Crippen molar-refractivity contribution in [2.24, 2.45) is 0 Å². The fourth-order valence-corrected chi connectivity index (χ4v) is 1.25. The van der Waals surface area contributed by atoms with Gasteiger partial charge in [-0.25, -0.2) is 4.79 Å². The molecule has 1 N–H and O–H groups in total. The number of benzene rings is 1. The highest BCUT2D eigenvalue weighted by Crippen LogP contribution is 2.17. The van der Waals surface area contributed by atoms with Gasteiger partial charge < -0.3 is 5.11 Å². The highest BCUT2D eigenvalue weighted by Gasteiger charge is 2.08. The molecule has 0 aliphatic carbocycles. The zero-order chi connectivity index (χ0) is 10.0. The van der Waals surface area contributed by atoms with E-state index >= 15 is 0 Å². The quantitative estimate of drug-likeness (QED) is 0.719. The third-order valence-corrected chi connectivity index (χ3v) is 1.88. The van der Waals surface area contributed by atoms with Gasteiger partial charge in [-0.15, -0.1) is 0 Å². The number of hydrogen-bond acceptors (Lipinski definition) is 1. The molecule has 1 rings (SSSR count). The average molecular weight is 179 g/mol. The number of anilines is 1. The van der Waals surface area contributed by atoms with Crippen LogP contribution in [0.3, 0.4) is 0 Å². The molecule has 0 saturated heterocycles. The lowest BCUT2D eigenvalue weighted by atomic mass is 10.1. The minimum Gasteiger partial charge on any atom is -0.465 e. The third-order valence-electron chi connectivity index (χ3n) is 1.88. The zero-order valence-corrected chi connectivity index (χ0v) is 8.03. The molecule has 0 spiro atoms. The summed E-state index contributed by atoms with van der Waals surface area (Å²) >= 11 is 0. The van der Waals surface area contributed by atoms with E-state index < -0.39 is 6.09 Å². The van der Waals surface area contributed by atoms with E-state index in [0.29, 0.717) is 5.69 Å². The number of carbonyl (C=O) groups is 1. The van der Waals surface area contributed by atoms with Gasteiger partial charge in [0.15, 0.2) is 0 Å². The molecule has 0 heterocycles. The molecule has 3 heteroatoms. The van der Waals surface area contributed by atoms with Gasteiger partial charge in [0, 0.05) is 12.7 Å². The van der Waals surface area contributed by atoms with Crippen LogP contribution < -0.4 is 4.90 Å². The Morgan fingerprint density at radius 3 is 2.08 bits per heavy atom. The minimum absolute atomic E-state index is 0.713. The first kappa shape index (κ1) is 9.58. The summed E-state index contributed by atoms with van der Waals surface area (Å²) in [6.45, 7) is 3.90. The van der Waals surface area contributed by atoms with Crippen molar-refractivity contribution in [2.75, 3.05) is 11.9 Å². The summed E-state index contributed by atoms with van der Waals surface area (Å²) in [4.78, 5) is 11.9. The van der Waals surface area contributed by atoms with Gasteiger partial charge >= 0.3 is 6.09 Å². The molecule has 0 unspecified atom stereocenters. The van der Waals surface area contributed by atoms with E-state index in [-0.39, 0.29) is 0 Å². The van der Waals surface area contributed by atoms with E-state index in [1.807, 2.05) is 32.0 Å². The maximum Gasteiger partial charge on any atom is 0.411 e. The molecule has 0 fully saturated rings. The fraction of sp³-hybridized carbons (Fsp3) is 0.300. The molecule has 3 nitrogen and oxygen atoms in total. The summed E-state index contributed by atoms with van der Waals surface area (Å²) in [6, 6.07) is 5.71. The summed E-state index contributed by atoms with van der Waals surface area (Å²) in [6.07, 6.45) is -0.940. The van der Waals surface area contributed by atoms with Crippen LogP contribution in [0.5, 0.6) is 0 Å². The van der Waals surface area contributed by atoms with Crippen LogP contribution in [0, 0.1) is 13.8 Å². The maximum atomic E-state index is 10.6. The molecule has 0 aliphatic heterocycles. The van der Waals surface area contributed by atoms with Gasteiger partial charge in [0.2, 0.25) is 0 Å². The monoisotopic (exact) mass is 179 g/mol. The Kier molecular flexibility index (Phi) is 2.56. The van der Waals surface area contributed by atoms with Gasteiger partial charge in [-0.05, 0) is 37.1 Å². The first-order valence-corrected chi connectivity index (χ1v) is 4.05. The molecule has 0 saturated carbocycles. The Morgan fingerprint density at radius 1 is 1.23 bits per heavy atom. The number of carboxylic acid groups (broad SMARTS) is 1. The fourth-order valence-electron chi connectivity index (χ4n) is 1.25. The highest BCUT2D eigenvalue weighted by molar-refractivity contribution is 5.85. The van der Waals surface area contributed by atoms with E-state index in [9.17, 15) is 4.79 Å². The Bertz CT molecular complexity index is 313. The van der Waals surface area contributed by atoms with Crippen LogP contribution in [0.4, 0.5) is 10.5 Å². The number of hydrogen-bond donors (Lipinski definition) is 1. The molecule has 1 aromatic rings. The van der Waals surface area contributed by atoms with Gasteiger partial charge in [-0.1, -0.05) is 6.07 Å². The predicted octanol–water partition coefficient (Wildman–Crippen LogP) is 2.42. The Labute approximate surface area is 77.6 Å². The average Bonchev–Trinajstić information content (AvgIpc) is 2.01. The Balaban J connectivity index is 3.07. The Hall–Kier alpha value is -1.51. The molecule has 70 valence electrons. The van der Waals surface area contributed by atoms with Crippen LogP contribution in [0.15, 0.2) is 18.2 Å². The summed E-state index contributed by atoms with van der Waals surface area (Å²) in [5.74, 6) is 0. The van der Waals surface area contributed by atoms with Gasteiger partial charge in [-0.2, -0.15) is 0 Å². The standard InChI is InChI=1S/C10H13NO2/c1-7-4-8(2)6-9(5-7)11(3)10(12)13/h4-6H,1-3H3,(H,12,13). The molecule has 0 atom stereocenters. The van der Waals surface area contributed by atoms with Crippen LogP contribution >= 0.6 is 0 Å². The number of aryl methyl sites for hydroxylation is 2. The minimum atomic E-state index is -0.940. The maximum absolute atomic E-state index is 10.6. The van der Waals surface area contributed by atoms with Crippen molar-refractivity contribution in [3.05, 3.63) is 29.3 Å². The van der Waals surface area contributed by atoms with Crippen molar-refractivity contribution in [3.63, 3.8) is 0 Å². The van der Waals surface area contributed by atoms with Gasteiger partial charge in [0.1, 0.15) is 0 Å². The van der Waals surface area contributed by atoms with Crippen molar-refractivity contribution in [1.29, 1.82) is 0 Å². The van der Waals surface area contributed by atoms with E-state index in [1.165, 1.54) is 11.9 Å². The lowest BCUT2D eigenvalue weighted by Gasteiger charge is -2.14. The smallest absolute Gasteiger partial charge is 0.411 e. The van der Waals surface area contributed by atoms with E-state index in [1.54, 1.807) is 0 Å². The highest BCUT2D eigenvalue weighted by atomic mass is 16.4. The van der Waals surface area contributed by atoms with Crippen LogP contribution in [-0.4, -0.2) is 18.2 Å². The summed E-state index contributed by atoms with van der Waals surface area (Å²) < 4.78 is 0. The van der Waals surface area contributed by atoms with Gasteiger partial charge in [0.25, 0.3) is 0 Å². The van der Waals surface area contributed by atoms with Gasteiger partial charge in [-0.3, -0.25) is 4.90 Å². The van der Waals surface area contributed by atoms with Gasteiger partial charge in [0.05, 0.1) is 0 Å². The molecule has 1 amide bonds. The first-order chi connectivity index (χ1) is 6.00. The van der Waals surface area contributed by atoms with Crippen LogP contribution in [0.25, 0.3) is 0 Å². The molecule has 0 aliphatic rings. The number of nitrogens with zero attached hydrogens (tertiary/aromatic N) is 1. The normalized spacial score (nSPS) is 9.77. The molecule has 0 aromatic heterocycles. The predicted molar refractivity (Wildman–Crippen MR) is 52.3 cm³/mol. The van der Waals surface area contributed by atoms with Crippen LogP contribution in [0.1, 0.15) is 11.1 Å². The molecule has 0 bridgehead atoms. The summed E-state index contributed by atoms with van der Waals surface area (Å²) in [5.41, 5.74) is 2.86. The molecular formula is C10H13NO2. The van der Waals surface area contributed by atoms with E-state index in [4.69, 9.17) is 5.11 Å².